The van der Waals surface area contributed by atoms with Gasteiger partial charge in [0.25, 0.3) is 0 Å². The van der Waals surface area contributed by atoms with Crippen LogP contribution in [0.4, 0.5) is 5.69 Å². The summed E-state index contributed by atoms with van der Waals surface area (Å²) in [5, 5.41) is 3.10. The maximum atomic E-state index is 12.9. The van der Waals surface area contributed by atoms with E-state index in [1.165, 1.54) is 11.1 Å². The van der Waals surface area contributed by atoms with E-state index in [-0.39, 0.29) is 17.2 Å². The van der Waals surface area contributed by atoms with E-state index in [1.807, 2.05) is 67.6 Å². The lowest BCUT2D eigenvalue weighted by atomic mass is 9.85. The van der Waals surface area contributed by atoms with E-state index in [2.05, 4.69) is 29.6 Å². The first-order valence-electron chi connectivity index (χ1n) is 8.69. The standard InChI is InChI=1S/C23H21NO/c1-17-9-8-14-20(15-17)24-22(25)21-16-23(21,18-10-4-2-5-11-18)19-12-6-3-7-13-19/h2-15,21H,16H2,1H3,(H,24,25)/t21-/m1/s1. The summed E-state index contributed by atoms with van der Waals surface area (Å²) in [4.78, 5) is 12.9. The van der Waals surface area contributed by atoms with Gasteiger partial charge in [-0.1, -0.05) is 72.8 Å². The Balaban J connectivity index is 1.65. The van der Waals surface area contributed by atoms with Gasteiger partial charge >= 0.3 is 0 Å². The van der Waals surface area contributed by atoms with Gasteiger partial charge < -0.3 is 5.32 Å². The van der Waals surface area contributed by atoms with E-state index >= 15 is 0 Å². The number of anilines is 1. The molecule has 124 valence electrons. The Morgan fingerprint density at radius 1 is 0.880 bits per heavy atom. The minimum atomic E-state index is -0.212. The molecule has 0 bridgehead atoms. The van der Waals surface area contributed by atoms with Crippen LogP contribution in [0, 0.1) is 12.8 Å². The van der Waals surface area contributed by atoms with Crippen molar-refractivity contribution in [1.82, 2.24) is 0 Å². The highest BCUT2D eigenvalue weighted by Gasteiger charge is 2.60. The van der Waals surface area contributed by atoms with Crippen molar-refractivity contribution in [3.05, 3.63) is 102 Å². The minimum Gasteiger partial charge on any atom is -0.326 e. The van der Waals surface area contributed by atoms with E-state index in [9.17, 15) is 4.79 Å². The van der Waals surface area contributed by atoms with Crippen LogP contribution in [0.3, 0.4) is 0 Å². The first-order valence-corrected chi connectivity index (χ1v) is 8.69. The van der Waals surface area contributed by atoms with Gasteiger partial charge in [-0.15, -0.1) is 0 Å². The summed E-state index contributed by atoms with van der Waals surface area (Å²) in [7, 11) is 0. The second-order valence-corrected chi connectivity index (χ2v) is 6.82. The molecule has 1 fully saturated rings. The number of benzene rings is 3. The zero-order valence-electron chi connectivity index (χ0n) is 14.3. The number of amides is 1. The smallest absolute Gasteiger partial charge is 0.228 e. The molecule has 1 aliphatic rings. The highest BCUT2D eigenvalue weighted by atomic mass is 16.2. The maximum absolute atomic E-state index is 12.9. The van der Waals surface area contributed by atoms with E-state index in [1.54, 1.807) is 0 Å². The first-order chi connectivity index (χ1) is 12.2. The third kappa shape index (κ3) is 2.85. The summed E-state index contributed by atoms with van der Waals surface area (Å²) in [6, 6.07) is 28.7. The average molecular weight is 327 g/mol. The second-order valence-electron chi connectivity index (χ2n) is 6.82. The second kappa shape index (κ2) is 6.21. The van der Waals surface area contributed by atoms with E-state index in [4.69, 9.17) is 0 Å². The van der Waals surface area contributed by atoms with Crippen molar-refractivity contribution in [3.8, 4) is 0 Å². The summed E-state index contributed by atoms with van der Waals surface area (Å²) in [6.45, 7) is 2.03. The van der Waals surface area contributed by atoms with Crippen molar-refractivity contribution >= 4 is 11.6 Å². The average Bonchev–Trinajstić information content (AvgIpc) is 3.40. The summed E-state index contributed by atoms with van der Waals surface area (Å²) in [5.74, 6) is 0.0520. The van der Waals surface area contributed by atoms with E-state index < -0.39 is 0 Å². The van der Waals surface area contributed by atoms with Crippen LogP contribution in [-0.4, -0.2) is 5.91 Å². The fourth-order valence-corrected chi connectivity index (χ4v) is 3.81. The molecule has 1 amide bonds. The summed E-state index contributed by atoms with van der Waals surface area (Å²) in [6.07, 6.45) is 0.846. The summed E-state index contributed by atoms with van der Waals surface area (Å²) >= 11 is 0. The molecule has 0 unspecified atom stereocenters. The molecule has 0 aliphatic heterocycles. The lowest BCUT2D eigenvalue weighted by Gasteiger charge is -2.19. The number of hydrogen-bond donors (Lipinski definition) is 1. The van der Waals surface area contributed by atoms with E-state index in [0.717, 1.165) is 17.7 Å². The third-order valence-corrected chi connectivity index (χ3v) is 5.14. The van der Waals surface area contributed by atoms with Gasteiger partial charge in [-0.2, -0.15) is 0 Å². The molecular formula is C23H21NO. The molecule has 1 N–H and O–H groups in total. The van der Waals surface area contributed by atoms with Crippen molar-refractivity contribution in [2.24, 2.45) is 5.92 Å². The van der Waals surface area contributed by atoms with Crippen LogP contribution in [0.25, 0.3) is 0 Å². The predicted molar refractivity (Wildman–Crippen MR) is 102 cm³/mol. The van der Waals surface area contributed by atoms with Crippen LogP contribution in [0.5, 0.6) is 0 Å². The van der Waals surface area contributed by atoms with Crippen LogP contribution in [0.2, 0.25) is 0 Å². The van der Waals surface area contributed by atoms with Gasteiger partial charge in [0, 0.05) is 11.1 Å². The normalized spacial score (nSPS) is 17.7. The van der Waals surface area contributed by atoms with Crippen LogP contribution in [0.15, 0.2) is 84.9 Å². The molecule has 2 heteroatoms. The lowest BCUT2D eigenvalue weighted by molar-refractivity contribution is -0.117. The van der Waals surface area contributed by atoms with Crippen molar-refractivity contribution in [2.45, 2.75) is 18.8 Å². The van der Waals surface area contributed by atoms with Crippen LogP contribution >= 0.6 is 0 Å². The SMILES string of the molecule is Cc1cccc(NC(=O)[C@H]2CC2(c2ccccc2)c2ccccc2)c1. The third-order valence-electron chi connectivity index (χ3n) is 5.14. The number of rotatable bonds is 4. The van der Waals surface area contributed by atoms with E-state index in [0.29, 0.717) is 0 Å². The van der Waals surface area contributed by atoms with Crippen LogP contribution in [0.1, 0.15) is 23.1 Å². The molecule has 0 aromatic heterocycles. The molecule has 1 saturated carbocycles. The van der Waals surface area contributed by atoms with Gasteiger partial charge in [0.2, 0.25) is 5.91 Å². The number of hydrogen-bond acceptors (Lipinski definition) is 1. The van der Waals surface area contributed by atoms with Crippen LogP contribution in [-0.2, 0) is 10.2 Å². The molecule has 0 saturated heterocycles. The fourth-order valence-electron chi connectivity index (χ4n) is 3.81. The van der Waals surface area contributed by atoms with Gasteiger partial charge in [0.1, 0.15) is 0 Å². The van der Waals surface area contributed by atoms with Crippen molar-refractivity contribution in [3.63, 3.8) is 0 Å². The fraction of sp³-hybridized carbons (Fsp3) is 0.174. The minimum absolute atomic E-state index is 0.0437. The molecule has 25 heavy (non-hydrogen) atoms. The number of nitrogens with one attached hydrogen (secondary N) is 1. The first kappa shape index (κ1) is 15.6. The Kier molecular flexibility index (Phi) is 3.89. The quantitative estimate of drug-likeness (QED) is 0.722. The van der Waals surface area contributed by atoms with Crippen LogP contribution < -0.4 is 5.32 Å². The molecule has 1 aliphatic carbocycles. The zero-order valence-corrected chi connectivity index (χ0v) is 14.3. The zero-order chi connectivity index (χ0) is 17.3. The maximum Gasteiger partial charge on any atom is 0.228 e. The predicted octanol–water partition coefficient (Wildman–Crippen LogP) is 4.94. The molecular weight excluding hydrogens is 306 g/mol. The Hall–Kier alpha value is -2.87. The lowest BCUT2D eigenvalue weighted by Crippen LogP contribution is -2.22. The number of carbonyl (C=O) groups excluding carboxylic acids is 1. The molecule has 0 heterocycles. The van der Waals surface area contributed by atoms with Crippen molar-refractivity contribution in [2.75, 3.05) is 5.32 Å². The summed E-state index contributed by atoms with van der Waals surface area (Å²) in [5.41, 5.74) is 4.23. The largest absolute Gasteiger partial charge is 0.326 e. The topological polar surface area (TPSA) is 29.1 Å². The van der Waals surface area contributed by atoms with Gasteiger partial charge in [-0.3, -0.25) is 4.79 Å². The Bertz CT molecular complexity index is 847. The Labute approximate surface area is 148 Å². The number of carbonyl (C=O) groups is 1. The monoisotopic (exact) mass is 327 g/mol. The number of aryl methyl sites for hydroxylation is 1. The Morgan fingerprint density at radius 2 is 1.48 bits per heavy atom. The molecule has 3 aromatic rings. The molecule has 4 rings (SSSR count). The molecule has 2 nitrogen and oxygen atoms in total. The van der Waals surface area contributed by atoms with Gasteiger partial charge in [0.05, 0.1) is 5.92 Å². The highest BCUT2D eigenvalue weighted by Crippen LogP contribution is 2.59. The Morgan fingerprint density at radius 3 is 2.04 bits per heavy atom. The van der Waals surface area contributed by atoms with Gasteiger partial charge in [0.15, 0.2) is 0 Å². The van der Waals surface area contributed by atoms with Gasteiger partial charge in [-0.25, -0.2) is 0 Å². The molecule has 1 atom stereocenters. The van der Waals surface area contributed by atoms with Crippen molar-refractivity contribution in [1.29, 1.82) is 0 Å². The highest BCUT2D eigenvalue weighted by molar-refractivity contribution is 5.97. The summed E-state index contributed by atoms with van der Waals surface area (Å²) < 4.78 is 0. The molecule has 0 radical (unpaired) electrons. The molecule has 3 aromatic carbocycles. The van der Waals surface area contributed by atoms with Gasteiger partial charge in [-0.05, 0) is 42.2 Å². The molecule has 0 spiro atoms. The van der Waals surface area contributed by atoms with Crippen molar-refractivity contribution < 1.29 is 4.79 Å².